The molecule has 4 rings (SSSR count). The molecule has 0 bridgehead atoms. The summed E-state index contributed by atoms with van der Waals surface area (Å²) in [5.74, 6) is 1.00. The Bertz CT molecular complexity index is 1350. The Hall–Kier alpha value is -4.39. The zero-order valence-electron chi connectivity index (χ0n) is 22.7. The van der Waals surface area contributed by atoms with Crippen molar-refractivity contribution in [3.63, 3.8) is 0 Å². The molecule has 0 unspecified atom stereocenters. The summed E-state index contributed by atoms with van der Waals surface area (Å²) in [6.45, 7) is 4.85. The van der Waals surface area contributed by atoms with Gasteiger partial charge in [0.25, 0.3) is 5.91 Å². The summed E-state index contributed by atoms with van der Waals surface area (Å²) in [5, 5.41) is 7.21. The molecule has 1 aromatic heterocycles. The van der Waals surface area contributed by atoms with Crippen LogP contribution in [0.2, 0.25) is 0 Å². The van der Waals surface area contributed by atoms with Crippen LogP contribution in [0.5, 0.6) is 5.75 Å². The van der Waals surface area contributed by atoms with E-state index in [1.807, 2.05) is 86.6 Å². The Morgan fingerprint density at radius 2 is 1.67 bits per heavy atom. The van der Waals surface area contributed by atoms with Crippen LogP contribution in [0.25, 0.3) is 11.3 Å². The van der Waals surface area contributed by atoms with E-state index < -0.39 is 0 Å². The highest BCUT2D eigenvalue weighted by atomic mass is 16.5. The molecule has 0 spiro atoms. The fraction of sp³-hybridized carbons (Fsp3) is 0.281. The maximum absolute atomic E-state index is 13.4. The highest BCUT2D eigenvalue weighted by Crippen LogP contribution is 2.25. The van der Waals surface area contributed by atoms with Gasteiger partial charge >= 0.3 is 0 Å². The van der Waals surface area contributed by atoms with Gasteiger partial charge in [0.1, 0.15) is 5.75 Å². The van der Waals surface area contributed by atoms with E-state index in [2.05, 4.69) is 22.6 Å². The second-order valence-corrected chi connectivity index (χ2v) is 9.92. The second kappa shape index (κ2) is 13.4. The summed E-state index contributed by atoms with van der Waals surface area (Å²) in [4.78, 5) is 28.2. The second-order valence-electron chi connectivity index (χ2n) is 9.92. The van der Waals surface area contributed by atoms with Gasteiger partial charge in [-0.3, -0.25) is 9.59 Å². The van der Waals surface area contributed by atoms with E-state index in [9.17, 15) is 9.59 Å². The van der Waals surface area contributed by atoms with E-state index in [4.69, 9.17) is 9.26 Å². The summed E-state index contributed by atoms with van der Waals surface area (Å²) >= 11 is 0. The predicted molar refractivity (Wildman–Crippen MR) is 151 cm³/mol. The minimum Gasteiger partial charge on any atom is -0.497 e. The molecule has 3 aromatic carbocycles. The number of ether oxygens (including phenoxy) is 1. The van der Waals surface area contributed by atoms with Gasteiger partial charge in [-0.05, 0) is 35.6 Å². The van der Waals surface area contributed by atoms with Crippen LogP contribution in [0.3, 0.4) is 0 Å². The lowest BCUT2D eigenvalue weighted by atomic mass is 9.98. The number of amides is 2. The van der Waals surface area contributed by atoms with Gasteiger partial charge in [-0.1, -0.05) is 91.8 Å². The number of methoxy groups -OCH3 is 1. The van der Waals surface area contributed by atoms with E-state index in [-0.39, 0.29) is 42.4 Å². The molecule has 2 amide bonds. The molecular formula is C32H35N3O4. The molecule has 0 fully saturated rings. The Balaban J connectivity index is 1.43. The Labute approximate surface area is 229 Å². The molecule has 7 nitrogen and oxygen atoms in total. The molecule has 0 aliphatic rings. The van der Waals surface area contributed by atoms with Gasteiger partial charge in [-0.25, -0.2) is 0 Å². The fourth-order valence-electron chi connectivity index (χ4n) is 4.46. The maximum atomic E-state index is 13.4. The van der Waals surface area contributed by atoms with Crippen LogP contribution in [0.15, 0.2) is 95.5 Å². The Morgan fingerprint density at radius 3 is 2.36 bits per heavy atom. The number of carbonyl (C=O) groups excluding carboxylic acids is 2. The normalized spacial score (nSPS) is 11.7. The number of carbonyl (C=O) groups is 2. The van der Waals surface area contributed by atoms with Crippen LogP contribution >= 0.6 is 0 Å². The number of nitrogens with zero attached hydrogens (tertiary/aromatic N) is 2. The van der Waals surface area contributed by atoms with Crippen molar-refractivity contribution in [2.45, 2.75) is 32.7 Å². The van der Waals surface area contributed by atoms with Crippen LogP contribution in [0, 0.1) is 5.92 Å². The van der Waals surface area contributed by atoms with Crippen LogP contribution < -0.4 is 10.1 Å². The molecule has 0 saturated heterocycles. The number of hydrogen-bond acceptors (Lipinski definition) is 5. The third-order valence-corrected chi connectivity index (χ3v) is 6.38. The third kappa shape index (κ3) is 7.80. The molecular weight excluding hydrogens is 490 g/mol. The highest BCUT2D eigenvalue weighted by Gasteiger charge is 2.23. The van der Waals surface area contributed by atoms with E-state index in [1.165, 1.54) is 0 Å². The molecule has 0 radical (unpaired) electrons. The van der Waals surface area contributed by atoms with Crippen molar-refractivity contribution < 1.29 is 18.8 Å². The average molecular weight is 526 g/mol. The largest absolute Gasteiger partial charge is 0.497 e. The zero-order chi connectivity index (χ0) is 27.6. The van der Waals surface area contributed by atoms with Crippen LogP contribution in [0.1, 0.15) is 47.9 Å². The van der Waals surface area contributed by atoms with Gasteiger partial charge in [-0.15, -0.1) is 0 Å². The smallest absolute Gasteiger partial charge is 0.276 e. The molecule has 0 aliphatic carbocycles. The van der Waals surface area contributed by atoms with Gasteiger partial charge < -0.3 is 19.5 Å². The number of aromatic nitrogens is 1. The monoisotopic (exact) mass is 525 g/mol. The predicted octanol–water partition coefficient (Wildman–Crippen LogP) is 5.94. The summed E-state index contributed by atoms with van der Waals surface area (Å²) in [7, 11) is 1.60. The summed E-state index contributed by atoms with van der Waals surface area (Å²) in [5.41, 5.74) is 3.15. The first-order valence-electron chi connectivity index (χ1n) is 13.2. The van der Waals surface area contributed by atoms with Gasteiger partial charge in [0.15, 0.2) is 11.5 Å². The Kier molecular flexibility index (Phi) is 9.51. The van der Waals surface area contributed by atoms with E-state index >= 15 is 0 Å². The number of benzene rings is 3. The summed E-state index contributed by atoms with van der Waals surface area (Å²) in [6.07, 6.45) is 0.856. The topological polar surface area (TPSA) is 84.7 Å². The highest BCUT2D eigenvalue weighted by molar-refractivity contribution is 5.93. The molecule has 39 heavy (non-hydrogen) atoms. The zero-order valence-corrected chi connectivity index (χ0v) is 22.7. The van der Waals surface area contributed by atoms with Crippen molar-refractivity contribution in [2.75, 3.05) is 20.2 Å². The maximum Gasteiger partial charge on any atom is 0.276 e. The number of nitrogens with one attached hydrogen (secondary N) is 1. The number of rotatable bonds is 12. The first kappa shape index (κ1) is 27.6. The SMILES string of the molecule is COc1cccc(-c2cc(C(=O)N(CCC(=O)N[C@@H](Cc3ccccc3)c3ccccc3)CC(C)C)no2)c1. The van der Waals surface area contributed by atoms with Crippen molar-refractivity contribution in [2.24, 2.45) is 5.92 Å². The summed E-state index contributed by atoms with van der Waals surface area (Å²) in [6, 6.07) is 28.9. The molecule has 1 N–H and O–H groups in total. The van der Waals surface area contributed by atoms with Crippen molar-refractivity contribution in [1.29, 1.82) is 0 Å². The first-order chi connectivity index (χ1) is 18.9. The minimum atomic E-state index is -0.265. The van der Waals surface area contributed by atoms with Gasteiger partial charge in [0.05, 0.1) is 13.2 Å². The van der Waals surface area contributed by atoms with Gasteiger partial charge in [0, 0.05) is 31.1 Å². The minimum absolute atomic E-state index is 0.112. The lowest BCUT2D eigenvalue weighted by Gasteiger charge is -2.24. The van der Waals surface area contributed by atoms with Crippen LogP contribution in [-0.2, 0) is 11.2 Å². The molecule has 202 valence electrons. The molecule has 7 heteroatoms. The van der Waals surface area contributed by atoms with Gasteiger partial charge in [0.2, 0.25) is 5.91 Å². The Morgan fingerprint density at radius 1 is 0.949 bits per heavy atom. The molecule has 1 atom stereocenters. The van der Waals surface area contributed by atoms with E-state index in [1.54, 1.807) is 18.1 Å². The standard InChI is InChI=1S/C32H35N3O4/c1-23(2)22-35(32(37)29-21-30(39-34-29)26-15-10-16-27(20-26)38-3)18-17-31(36)33-28(25-13-8-5-9-14-25)19-24-11-6-4-7-12-24/h4-16,20-21,23,28H,17-19,22H2,1-3H3,(H,33,36)/t28-/m0/s1. The third-order valence-electron chi connectivity index (χ3n) is 6.38. The number of hydrogen-bond donors (Lipinski definition) is 1. The first-order valence-corrected chi connectivity index (χ1v) is 13.2. The fourth-order valence-corrected chi connectivity index (χ4v) is 4.46. The van der Waals surface area contributed by atoms with Crippen molar-refractivity contribution in [1.82, 2.24) is 15.4 Å². The quantitative estimate of drug-likeness (QED) is 0.248. The molecule has 0 saturated carbocycles. The molecule has 1 heterocycles. The van der Waals surface area contributed by atoms with Crippen LogP contribution in [0.4, 0.5) is 0 Å². The van der Waals surface area contributed by atoms with Crippen molar-refractivity contribution in [3.8, 4) is 17.1 Å². The van der Waals surface area contributed by atoms with Gasteiger partial charge in [-0.2, -0.15) is 0 Å². The van der Waals surface area contributed by atoms with E-state index in [0.29, 0.717) is 24.5 Å². The van der Waals surface area contributed by atoms with E-state index in [0.717, 1.165) is 16.7 Å². The van der Waals surface area contributed by atoms with Crippen molar-refractivity contribution in [3.05, 3.63) is 108 Å². The summed E-state index contributed by atoms with van der Waals surface area (Å²) < 4.78 is 10.8. The molecule has 4 aromatic rings. The molecule has 0 aliphatic heterocycles. The van der Waals surface area contributed by atoms with Crippen LogP contribution in [-0.4, -0.2) is 42.1 Å². The lowest BCUT2D eigenvalue weighted by molar-refractivity contribution is -0.122. The lowest BCUT2D eigenvalue weighted by Crippen LogP contribution is -2.38. The average Bonchev–Trinajstić information content (AvgIpc) is 3.46. The van der Waals surface area contributed by atoms with Crippen molar-refractivity contribution >= 4 is 11.8 Å².